The first kappa shape index (κ1) is 18.4. The zero-order valence-electron chi connectivity index (χ0n) is 16.3. The molecule has 1 aliphatic carbocycles. The SMILES string of the molecule is COc1ccc(C2(C(=O)Nc3ccc(OC)c4ccccc34)CCCC2)cc1. The maximum Gasteiger partial charge on any atom is 0.235 e. The molecule has 1 saturated carbocycles. The second kappa shape index (κ2) is 7.55. The molecule has 4 rings (SSSR count). The Morgan fingerprint density at radius 2 is 1.54 bits per heavy atom. The smallest absolute Gasteiger partial charge is 0.235 e. The third-order valence-corrected chi connectivity index (χ3v) is 5.89. The number of ether oxygens (including phenoxy) is 2. The Morgan fingerprint density at radius 1 is 0.857 bits per heavy atom. The molecule has 144 valence electrons. The highest BCUT2D eigenvalue weighted by atomic mass is 16.5. The van der Waals surface area contributed by atoms with Crippen LogP contribution in [0.2, 0.25) is 0 Å². The van der Waals surface area contributed by atoms with Crippen molar-refractivity contribution in [3.63, 3.8) is 0 Å². The summed E-state index contributed by atoms with van der Waals surface area (Å²) in [5.74, 6) is 1.67. The third kappa shape index (κ3) is 3.09. The number of hydrogen-bond donors (Lipinski definition) is 1. The van der Waals surface area contributed by atoms with Crippen LogP contribution in [0.3, 0.4) is 0 Å². The lowest BCUT2D eigenvalue weighted by atomic mass is 9.78. The molecule has 0 aromatic heterocycles. The van der Waals surface area contributed by atoms with Gasteiger partial charge >= 0.3 is 0 Å². The van der Waals surface area contributed by atoms with Gasteiger partial charge in [-0.2, -0.15) is 0 Å². The first-order chi connectivity index (χ1) is 13.7. The van der Waals surface area contributed by atoms with Crippen LogP contribution in [-0.2, 0) is 10.2 Å². The highest BCUT2D eigenvalue weighted by Crippen LogP contribution is 2.43. The predicted molar refractivity (Wildman–Crippen MR) is 112 cm³/mol. The van der Waals surface area contributed by atoms with Crippen LogP contribution in [0, 0.1) is 0 Å². The lowest BCUT2D eigenvalue weighted by molar-refractivity contribution is -0.121. The van der Waals surface area contributed by atoms with Crippen LogP contribution in [0.1, 0.15) is 31.2 Å². The molecule has 0 spiro atoms. The zero-order chi connectivity index (χ0) is 19.6. The summed E-state index contributed by atoms with van der Waals surface area (Å²) in [6, 6.07) is 19.7. The summed E-state index contributed by atoms with van der Waals surface area (Å²) in [4.78, 5) is 13.5. The van der Waals surface area contributed by atoms with E-state index < -0.39 is 5.41 Å². The van der Waals surface area contributed by atoms with Crippen molar-refractivity contribution < 1.29 is 14.3 Å². The van der Waals surface area contributed by atoms with Gasteiger partial charge in [0, 0.05) is 16.5 Å². The Bertz CT molecular complexity index is 988. The fourth-order valence-electron chi connectivity index (χ4n) is 4.34. The van der Waals surface area contributed by atoms with Crippen LogP contribution in [-0.4, -0.2) is 20.1 Å². The number of rotatable bonds is 5. The van der Waals surface area contributed by atoms with Crippen LogP contribution in [0.15, 0.2) is 60.7 Å². The van der Waals surface area contributed by atoms with Crippen molar-refractivity contribution in [3.8, 4) is 11.5 Å². The summed E-state index contributed by atoms with van der Waals surface area (Å²) in [5.41, 5.74) is 1.38. The summed E-state index contributed by atoms with van der Waals surface area (Å²) in [6.45, 7) is 0. The van der Waals surface area contributed by atoms with Gasteiger partial charge in [-0.1, -0.05) is 49.2 Å². The number of carbonyl (C=O) groups excluding carboxylic acids is 1. The average Bonchev–Trinajstić information content (AvgIpc) is 3.25. The molecule has 4 nitrogen and oxygen atoms in total. The molecule has 1 amide bonds. The minimum atomic E-state index is -0.493. The molecule has 0 saturated heterocycles. The van der Waals surface area contributed by atoms with E-state index in [-0.39, 0.29) is 5.91 Å². The molecule has 0 atom stereocenters. The number of nitrogens with one attached hydrogen (secondary N) is 1. The monoisotopic (exact) mass is 375 g/mol. The number of benzene rings is 3. The minimum Gasteiger partial charge on any atom is -0.497 e. The van der Waals surface area contributed by atoms with Gasteiger partial charge in [0.05, 0.1) is 19.6 Å². The van der Waals surface area contributed by atoms with Crippen LogP contribution in [0.5, 0.6) is 11.5 Å². The van der Waals surface area contributed by atoms with E-state index in [2.05, 4.69) is 5.32 Å². The van der Waals surface area contributed by atoms with Gasteiger partial charge < -0.3 is 14.8 Å². The fourth-order valence-corrected chi connectivity index (χ4v) is 4.34. The van der Waals surface area contributed by atoms with Crippen molar-refractivity contribution in [2.24, 2.45) is 0 Å². The molecule has 0 heterocycles. The summed E-state index contributed by atoms with van der Waals surface area (Å²) in [7, 11) is 3.32. The quantitative estimate of drug-likeness (QED) is 0.658. The molecule has 1 N–H and O–H groups in total. The van der Waals surface area contributed by atoms with Crippen molar-refractivity contribution in [2.75, 3.05) is 19.5 Å². The standard InChI is InChI=1S/C24H25NO3/c1-27-18-11-9-17(10-12-18)24(15-5-6-16-24)23(26)25-21-13-14-22(28-2)20-8-4-3-7-19(20)21/h3-4,7-14H,5-6,15-16H2,1-2H3,(H,25,26). The molecule has 0 bridgehead atoms. The molecular formula is C24H25NO3. The number of methoxy groups -OCH3 is 2. The lowest BCUT2D eigenvalue weighted by Crippen LogP contribution is -2.38. The van der Waals surface area contributed by atoms with Crippen molar-refractivity contribution in [3.05, 3.63) is 66.2 Å². The number of amides is 1. The second-order valence-corrected chi connectivity index (χ2v) is 7.33. The highest BCUT2D eigenvalue weighted by molar-refractivity contribution is 6.07. The van der Waals surface area contributed by atoms with Crippen LogP contribution in [0.4, 0.5) is 5.69 Å². The molecule has 3 aromatic rings. The van der Waals surface area contributed by atoms with E-state index in [0.29, 0.717) is 0 Å². The van der Waals surface area contributed by atoms with Gasteiger partial charge in [0.15, 0.2) is 0 Å². The van der Waals surface area contributed by atoms with E-state index in [4.69, 9.17) is 9.47 Å². The van der Waals surface area contributed by atoms with Gasteiger partial charge in [0.2, 0.25) is 5.91 Å². The molecule has 1 fully saturated rings. The highest BCUT2D eigenvalue weighted by Gasteiger charge is 2.42. The second-order valence-electron chi connectivity index (χ2n) is 7.33. The van der Waals surface area contributed by atoms with Crippen LogP contribution in [0.25, 0.3) is 10.8 Å². The summed E-state index contributed by atoms with van der Waals surface area (Å²) < 4.78 is 10.8. The largest absolute Gasteiger partial charge is 0.497 e. The third-order valence-electron chi connectivity index (χ3n) is 5.89. The molecule has 3 aromatic carbocycles. The van der Waals surface area contributed by atoms with E-state index in [9.17, 15) is 4.79 Å². The van der Waals surface area contributed by atoms with E-state index in [1.807, 2.05) is 60.7 Å². The van der Waals surface area contributed by atoms with E-state index >= 15 is 0 Å². The van der Waals surface area contributed by atoms with Crippen molar-refractivity contribution in [1.82, 2.24) is 0 Å². The average molecular weight is 375 g/mol. The Balaban J connectivity index is 1.70. The Hall–Kier alpha value is -3.01. The van der Waals surface area contributed by atoms with Crippen molar-refractivity contribution in [1.29, 1.82) is 0 Å². The van der Waals surface area contributed by atoms with E-state index in [1.54, 1.807) is 14.2 Å². The summed E-state index contributed by atoms with van der Waals surface area (Å²) in [5, 5.41) is 5.20. The normalized spacial score (nSPS) is 15.4. The molecule has 28 heavy (non-hydrogen) atoms. The molecule has 1 aliphatic rings. The van der Waals surface area contributed by atoms with Gasteiger partial charge in [-0.05, 0) is 42.7 Å². The topological polar surface area (TPSA) is 47.6 Å². The van der Waals surface area contributed by atoms with Gasteiger partial charge in [-0.25, -0.2) is 0 Å². The van der Waals surface area contributed by atoms with Gasteiger partial charge in [0.1, 0.15) is 11.5 Å². The van der Waals surface area contributed by atoms with Crippen LogP contribution >= 0.6 is 0 Å². The van der Waals surface area contributed by atoms with E-state index in [0.717, 1.165) is 59.2 Å². The summed E-state index contributed by atoms with van der Waals surface area (Å²) >= 11 is 0. The number of hydrogen-bond acceptors (Lipinski definition) is 3. The van der Waals surface area contributed by atoms with Gasteiger partial charge in [-0.3, -0.25) is 4.79 Å². The van der Waals surface area contributed by atoms with E-state index in [1.165, 1.54) is 0 Å². The number of fused-ring (bicyclic) bond motifs is 1. The number of carbonyl (C=O) groups is 1. The minimum absolute atomic E-state index is 0.0606. The lowest BCUT2D eigenvalue weighted by Gasteiger charge is -2.29. The van der Waals surface area contributed by atoms with Gasteiger partial charge in [-0.15, -0.1) is 0 Å². The summed E-state index contributed by atoms with van der Waals surface area (Å²) in [6.07, 6.45) is 3.84. The predicted octanol–water partition coefficient (Wildman–Crippen LogP) is 5.31. The molecule has 0 aliphatic heterocycles. The zero-order valence-corrected chi connectivity index (χ0v) is 16.3. The fraction of sp³-hybridized carbons (Fsp3) is 0.292. The molecule has 0 unspecified atom stereocenters. The Labute approximate surface area is 165 Å². The number of anilines is 1. The Morgan fingerprint density at radius 3 is 2.18 bits per heavy atom. The first-order valence-corrected chi connectivity index (χ1v) is 9.70. The van der Waals surface area contributed by atoms with Crippen molar-refractivity contribution in [2.45, 2.75) is 31.1 Å². The van der Waals surface area contributed by atoms with Crippen LogP contribution < -0.4 is 14.8 Å². The molecule has 0 radical (unpaired) electrons. The first-order valence-electron chi connectivity index (χ1n) is 9.70. The molecular weight excluding hydrogens is 350 g/mol. The maximum atomic E-state index is 13.5. The van der Waals surface area contributed by atoms with Crippen molar-refractivity contribution >= 4 is 22.4 Å². The van der Waals surface area contributed by atoms with Gasteiger partial charge in [0.25, 0.3) is 0 Å². The maximum absolute atomic E-state index is 13.5. The molecule has 4 heteroatoms. The Kier molecular flexibility index (Phi) is 4.95.